The fourth-order valence-corrected chi connectivity index (χ4v) is 2.07. The highest BCUT2D eigenvalue weighted by atomic mass is 16.5. The van der Waals surface area contributed by atoms with Crippen molar-refractivity contribution in [2.24, 2.45) is 0 Å². The summed E-state index contributed by atoms with van der Waals surface area (Å²) in [6.45, 7) is 6.05. The van der Waals surface area contributed by atoms with Crippen molar-refractivity contribution >= 4 is 0 Å². The summed E-state index contributed by atoms with van der Waals surface area (Å²) in [6.07, 6.45) is 1.96. The summed E-state index contributed by atoms with van der Waals surface area (Å²) in [6, 6.07) is 0.954. The molecule has 0 aliphatic carbocycles. The molecule has 0 bridgehead atoms. The quantitative estimate of drug-likeness (QED) is 0.632. The van der Waals surface area contributed by atoms with Crippen LogP contribution in [-0.2, 0) is 4.74 Å². The second-order valence-electron chi connectivity index (χ2n) is 4.22. The highest BCUT2D eigenvalue weighted by Gasteiger charge is 2.22. The maximum absolute atomic E-state index is 8.96. The zero-order valence-electron chi connectivity index (χ0n) is 9.91. The fraction of sp³-hybridized carbons (Fsp3) is 1.00. The third-order valence-electron chi connectivity index (χ3n) is 3.01. The number of nitrogens with zero attached hydrogens (tertiary/aromatic N) is 1. The normalized spacial score (nSPS) is 23.6. The number of hydrogen-bond donors (Lipinski definition) is 2. The van der Waals surface area contributed by atoms with Crippen LogP contribution in [0.3, 0.4) is 0 Å². The van der Waals surface area contributed by atoms with Crippen molar-refractivity contribution in [3.63, 3.8) is 0 Å². The molecule has 1 aliphatic rings. The van der Waals surface area contributed by atoms with Crippen LogP contribution in [0.4, 0.5) is 0 Å². The molecule has 1 heterocycles. The first kappa shape index (κ1) is 12.9. The van der Waals surface area contributed by atoms with E-state index in [4.69, 9.17) is 9.84 Å². The van der Waals surface area contributed by atoms with Crippen molar-refractivity contribution in [3.05, 3.63) is 0 Å². The zero-order chi connectivity index (χ0) is 11.1. The predicted molar refractivity (Wildman–Crippen MR) is 61.0 cm³/mol. The van der Waals surface area contributed by atoms with Gasteiger partial charge < -0.3 is 15.2 Å². The van der Waals surface area contributed by atoms with Crippen molar-refractivity contribution in [2.75, 3.05) is 40.0 Å². The minimum atomic E-state index is 0.257. The van der Waals surface area contributed by atoms with E-state index in [0.717, 1.165) is 39.1 Å². The van der Waals surface area contributed by atoms with Crippen LogP contribution in [0.5, 0.6) is 0 Å². The molecule has 1 fully saturated rings. The summed E-state index contributed by atoms with van der Waals surface area (Å²) in [5, 5.41) is 12.4. The maximum atomic E-state index is 8.96. The Balaban J connectivity index is 2.28. The van der Waals surface area contributed by atoms with Gasteiger partial charge in [0.1, 0.15) is 0 Å². The Morgan fingerprint density at radius 1 is 1.60 bits per heavy atom. The van der Waals surface area contributed by atoms with E-state index < -0.39 is 0 Å². The van der Waals surface area contributed by atoms with E-state index in [1.807, 2.05) is 0 Å². The standard InChI is InChI=1S/C11H24N2O2/c1-3-12-10(4-6-14)8-13(2)11-5-7-15-9-11/h10-12,14H,3-9H2,1-2H3. The minimum absolute atomic E-state index is 0.257. The highest BCUT2D eigenvalue weighted by molar-refractivity contribution is 4.77. The first-order valence-electron chi connectivity index (χ1n) is 5.90. The van der Waals surface area contributed by atoms with E-state index in [9.17, 15) is 0 Å². The Hall–Kier alpha value is -0.160. The Kier molecular flexibility index (Phi) is 6.17. The van der Waals surface area contributed by atoms with Crippen molar-refractivity contribution < 1.29 is 9.84 Å². The van der Waals surface area contributed by atoms with Crippen molar-refractivity contribution in [1.29, 1.82) is 0 Å². The van der Waals surface area contributed by atoms with Crippen LogP contribution in [0.15, 0.2) is 0 Å². The van der Waals surface area contributed by atoms with Crippen LogP contribution in [0.2, 0.25) is 0 Å². The molecule has 0 radical (unpaired) electrons. The second kappa shape index (κ2) is 7.17. The van der Waals surface area contributed by atoms with Gasteiger partial charge in [-0.25, -0.2) is 0 Å². The molecule has 0 spiro atoms. The lowest BCUT2D eigenvalue weighted by molar-refractivity contribution is 0.148. The molecule has 90 valence electrons. The number of ether oxygens (including phenoxy) is 1. The molecule has 1 aliphatic heterocycles. The van der Waals surface area contributed by atoms with E-state index >= 15 is 0 Å². The third-order valence-corrected chi connectivity index (χ3v) is 3.01. The summed E-state index contributed by atoms with van der Waals surface area (Å²) >= 11 is 0. The van der Waals surface area contributed by atoms with Gasteiger partial charge in [0, 0.05) is 31.8 Å². The van der Waals surface area contributed by atoms with Gasteiger partial charge in [0.15, 0.2) is 0 Å². The molecule has 1 saturated heterocycles. The molecule has 2 atom stereocenters. The topological polar surface area (TPSA) is 44.7 Å². The van der Waals surface area contributed by atoms with Crippen LogP contribution < -0.4 is 5.32 Å². The zero-order valence-corrected chi connectivity index (χ0v) is 9.91. The van der Waals surface area contributed by atoms with Gasteiger partial charge in [-0.15, -0.1) is 0 Å². The number of aliphatic hydroxyl groups is 1. The summed E-state index contributed by atoms with van der Waals surface area (Å²) < 4.78 is 5.37. The monoisotopic (exact) mass is 216 g/mol. The van der Waals surface area contributed by atoms with E-state index in [1.165, 1.54) is 0 Å². The Bertz CT molecular complexity index is 155. The number of aliphatic hydroxyl groups excluding tert-OH is 1. The van der Waals surface area contributed by atoms with Crippen molar-refractivity contribution in [1.82, 2.24) is 10.2 Å². The third kappa shape index (κ3) is 4.47. The van der Waals surface area contributed by atoms with E-state index in [1.54, 1.807) is 0 Å². The smallest absolute Gasteiger partial charge is 0.0622 e. The van der Waals surface area contributed by atoms with Crippen LogP contribution in [0.1, 0.15) is 19.8 Å². The molecule has 0 aromatic rings. The van der Waals surface area contributed by atoms with Gasteiger partial charge in [-0.1, -0.05) is 6.92 Å². The first-order chi connectivity index (χ1) is 7.27. The average molecular weight is 216 g/mol. The number of likely N-dealkylation sites (N-methyl/N-ethyl adjacent to an activating group) is 2. The molecular formula is C11H24N2O2. The van der Waals surface area contributed by atoms with Crippen molar-refractivity contribution in [3.8, 4) is 0 Å². The lowest BCUT2D eigenvalue weighted by Gasteiger charge is -2.28. The molecule has 4 heteroatoms. The van der Waals surface area contributed by atoms with E-state index in [0.29, 0.717) is 12.1 Å². The molecule has 2 unspecified atom stereocenters. The minimum Gasteiger partial charge on any atom is -0.396 e. The first-order valence-corrected chi connectivity index (χ1v) is 5.90. The average Bonchev–Trinajstić information content (AvgIpc) is 2.71. The van der Waals surface area contributed by atoms with Gasteiger partial charge >= 0.3 is 0 Å². The van der Waals surface area contributed by atoms with Gasteiger partial charge in [-0.3, -0.25) is 4.90 Å². The van der Waals surface area contributed by atoms with Gasteiger partial charge in [-0.05, 0) is 26.4 Å². The summed E-state index contributed by atoms with van der Waals surface area (Å²) in [5.41, 5.74) is 0. The van der Waals surface area contributed by atoms with Gasteiger partial charge in [0.25, 0.3) is 0 Å². The highest BCUT2D eigenvalue weighted by Crippen LogP contribution is 2.11. The largest absolute Gasteiger partial charge is 0.396 e. The molecule has 0 saturated carbocycles. The maximum Gasteiger partial charge on any atom is 0.0622 e. The Morgan fingerprint density at radius 3 is 2.93 bits per heavy atom. The lowest BCUT2D eigenvalue weighted by Crippen LogP contribution is -2.44. The van der Waals surface area contributed by atoms with Crippen molar-refractivity contribution in [2.45, 2.75) is 31.8 Å². The van der Waals surface area contributed by atoms with E-state index in [2.05, 4.69) is 24.2 Å². The van der Waals surface area contributed by atoms with Gasteiger partial charge in [0.05, 0.1) is 6.61 Å². The molecule has 2 N–H and O–H groups in total. The van der Waals surface area contributed by atoms with Crippen LogP contribution in [0.25, 0.3) is 0 Å². The lowest BCUT2D eigenvalue weighted by atomic mass is 10.1. The van der Waals surface area contributed by atoms with Crippen LogP contribution in [-0.4, -0.2) is 62.0 Å². The predicted octanol–water partition coefficient (Wildman–Crippen LogP) is 0.0676. The Morgan fingerprint density at radius 2 is 2.40 bits per heavy atom. The molecule has 1 rings (SSSR count). The SMILES string of the molecule is CCNC(CCO)CN(C)C1CCOC1. The number of hydrogen-bond acceptors (Lipinski definition) is 4. The molecule has 0 amide bonds. The summed E-state index contributed by atoms with van der Waals surface area (Å²) in [7, 11) is 2.14. The summed E-state index contributed by atoms with van der Waals surface area (Å²) in [4.78, 5) is 2.34. The number of rotatable bonds is 7. The molecule has 4 nitrogen and oxygen atoms in total. The van der Waals surface area contributed by atoms with Crippen LogP contribution in [0, 0.1) is 0 Å². The second-order valence-corrected chi connectivity index (χ2v) is 4.22. The molecule has 0 aromatic heterocycles. The van der Waals surface area contributed by atoms with E-state index in [-0.39, 0.29) is 6.61 Å². The molecule has 0 aromatic carbocycles. The number of nitrogens with one attached hydrogen (secondary N) is 1. The Labute approximate surface area is 92.6 Å². The van der Waals surface area contributed by atoms with Gasteiger partial charge in [-0.2, -0.15) is 0 Å². The molecular weight excluding hydrogens is 192 g/mol. The van der Waals surface area contributed by atoms with Crippen LogP contribution >= 0.6 is 0 Å². The molecule has 15 heavy (non-hydrogen) atoms. The fourth-order valence-electron chi connectivity index (χ4n) is 2.07. The summed E-state index contributed by atoms with van der Waals surface area (Å²) in [5.74, 6) is 0. The van der Waals surface area contributed by atoms with Gasteiger partial charge in [0.2, 0.25) is 0 Å².